The maximum atomic E-state index is 4.40. The fourth-order valence-electron chi connectivity index (χ4n) is 1.60. The first kappa shape index (κ1) is 10.4. The van der Waals surface area contributed by atoms with E-state index in [0.29, 0.717) is 6.04 Å². The molecule has 2 rings (SSSR count). The molecule has 0 N–H and O–H groups in total. The van der Waals surface area contributed by atoms with E-state index in [0.717, 1.165) is 6.42 Å². The molecule has 80 valence electrons. The Morgan fingerprint density at radius 1 is 1.53 bits per heavy atom. The highest BCUT2D eigenvalue weighted by atomic mass is 32.1. The molecule has 0 radical (unpaired) electrons. The van der Waals surface area contributed by atoms with Gasteiger partial charge < -0.3 is 0 Å². The number of rotatable bonds is 3. The summed E-state index contributed by atoms with van der Waals surface area (Å²) in [6.45, 7) is 6.52. The van der Waals surface area contributed by atoms with Crippen molar-refractivity contribution in [2.45, 2.75) is 33.2 Å². The fourth-order valence-corrected chi connectivity index (χ4v) is 2.52. The van der Waals surface area contributed by atoms with E-state index in [2.05, 4.69) is 48.1 Å². The number of nitrogens with zero attached hydrogens (tertiary/aromatic N) is 2. The van der Waals surface area contributed by atoms with Gasteiger partial charge in [0.2, 0.25) is 0 Å². The maximum Gasteiger partial charge on any atom is 0.0785 e. The van der Waals surface area contributed by atoms with Gasteiger partial charge in [0.05, 0.1) is 10.6 Å². The summed E-state index contributed by atoms with van der Waals surface area (Å²) in [6, 6.07) is 4.79. The number of aryl methyl sites for hydroxylation is 1. The van der Waals surface area contributed by atoms with E-state index >= 15 is 0 Å². The van der Waals surface area contributed by atoms with Gasteiger partial charge in [-0.1, -0.05) is 6.92 Å². The van der Waals surface area contributed by atoms with Gasteiger partial charge in [0, 0.05) is 12.2 Å². The predicted octanol–water partition coefficient (Wildman–Crippen LogP) is 3.89. The normalized spacial score (nSPS) is 13.0. The zero-order valence-electron chi connectivity index (χ0n) is 9.40. The van der Waals surface area contributed by atoms with Gasteiger partial charge in [-0.2, -0.15) is 5.10 Å². The highest BCUT2D eigenvalue weighted by Crippen LogP contribution is 2.28. The monoisotopic (exact) mass is 220 g/mol. The van der Waals surface area contributed by atoms with Gasteiger partial charge in [0.25, 0.3) is 0 Å². The molecule has 2 nitrogen and oxygen atoms in total. The first-order valence-corrected chi connectivity index (χ1v) is 6.19. The number of hydrogen-bond acceptors (Lipinski definition) is 2. The molecule has 0 aliphatic heterocycles. The third kappa shape index (κ3) is 1.97. The molecule has 0 aliphatic carbocycles. The van der Waals surface area contributed by atoms with Crippen LogP contribution in [0.1, 0.15) is 31.9 Å². The molecule has 0 aromatic carbocycles. The first-order chi connectivity index (χ1) is 7.22. The molecule has 0 amide bonds. The molecule has 2 heterocycles. The summed E-state index contributed by atoms with van der Waals surface area (Å²) in [5.74, 6) is 0. The summed E-state index contributed by atoms with van der Waals surface area (Å²) in [5, 5.41) is 6.58. The van der Waals surface area contributed by atoms with E-state index < -0.39 is 0 Å². The lowest BCUT2D eigenvalue weighted by atomic mass is 10.2. The quantitative estimate of drug-likeness (QED) is 0.767. The molecule has 0 spiro atoms. The Bertz CT molecular complexity index is 442. The largest absolute Gasteiger partial charge is 0.261 e. The lowest BCUT2D eigenvalue weighted by Gasteiger charge is -2.12. The molecule has 3 heteroatoms. The van der Waals surface area contributed by atoms with Crippen LogP contribution in [0.3, 0.4) is 0 Å². The topological polar surface area (TPSA) is 17.8 Å². The van der Waals surface area contributed by atoms with Crippen LogP contribution in [0.2, 0.25) is 0 Å². The molecule has 1 unspecified atom stereocenters. The lowest BCUT2D eigenvalue weighted by molar-refractivity contribution is 0.483. The second-order valence-corrected chi connectivity index (χ2v) is 4.82. The van der Waals surface area contributed by atoms with Crippen LogP contribution >= 0.6 is 11.3 Å². The Balaban J connectivity index is 2.40. The standard InChI is InChI=1S/C12H16N2S/c1-4-10(3)14-11(5-6-13-14)12-7-9(2)8-15-12/h5-8,10H,4H2,1-3H3. The highest BCUT2D eigenvalue weighted by Gasteiger charge is 2.11. The van der Waals surface area contributed by atoms with Crippen LogP contribution < -0.4 is 0 Å². The molecule has 15 heavy (non-hydrogen) atoms. The third-order valence-electron chi connectivity index (χ3n) is 2.66. The zero-order chi connectivity index (χ0) is 10.8. The Morgan fingerprint density at radius 3 is 2.93 bits per heavy atom. The van der Waals surface area contributed by atoms with Crippen molar-refractivity contribution in [1.82, 2.24) is 9.78 Å². The van der Waals surface area contributed by atoms with Crippen LogP contribution in [0.5, 0.6) is 0 Å². The van der Waals surface area contributed by atoms with E-state index in [1.54, 1.807) is 11.3 Å². The van der Waals surface area contributed by atoms with Crippen LogP contribution in [-0.4, -0.2) is 9.78 Å². The second-order valence-electron chi connectivity index (χ2n) is 3.91. The Labute approximate surface area is 94.6 Å². The maximum absolute atomic E-state index is 4.40. The lowest BCUT2D eigenvalue weighted by Crippen LogP contribution is -2.06. The van der Waals surface area contributed by atoms with Gasteiger partial charge in [-0.25, -0.2) is 0 Å². The Hall–Kier alpha value is -1.09. The summed E-state index contributed by atoms with van der Waals surface area (Å²) in [7, 11) is 0. The molecular weight excluding hydrogens is 204 g/mol. The minimum atomic E-state index is 0.470. The molecule has 0 saturated carbocycles. The molecule has 0 saturated heterocycles. The van der Waals surface area contributed by atoms with Crippen molar-refractivity contribution in [3.63, 3.8) is 0 Å². The predicted molar refractivity (Wildman–Crippen MR) is 65.3 cm³/mol. The van der Waals surface area contributed by atoms with Gasteiger partial charge >= 0.3 is 0 Å². The minimum absolute atomic E-state index is 0.470. The van der Waals surface area contributed by atoms with Gasteiger partial charge in [0.15, 0.2) is 0 Å². The molecule has 0 fully saturated rings. The van der Waals surface area contributed by atoms with E-state index in [1.165, 1.54) is 16.1 Å². The molecule has 2 aromatic heterocycles. The summed E-state index contributed by atoms with van der Waals surface area (Å²) in [5.41, 5.74) is 2.56. The summed E-state index contributed by atoms with van der Waals surface area (Å²) in [6.07, 6.45) is 3.00. The summed E-state index contributed by atoms with van der Waals surface area (Å²) < 4.78 is 2.12. The molecule has 1 atom stereocenters. The number of hydrogen-bond donors (Lipinski definition) is 0. The van der Waals surface area contributed by atoms with Crippen LogP contribution in [0.15, 0.2) is 23.7 Å². The molecule has 2 aromatic rings. The van der Waals surface area contributed by atoms with Gasteiger partial charge in [0.1, 0.15) is 0 Å². The van der Waals surface area contributed by atoms with E-state index in [-0.39, 0.29) is 0 Å². The molecule has 0 bridgehead atoms. The summed E-state index contributed by atoms with van der Waals surface area (Å²) in [4.78, 5) is 1.31. The van der Waals surface area contributed by atoms with Gasteiger partial charge in [-0.05, 0) is 43.3 Å². The van der Waals surface area contributed by atoms with E-state index in [1.807, 2.05) is 6.20 Å². The SMILES string of the molecule is CCC(C)n1nccc1-c1cc(C)cs1. The molecule has 0 aliphatic rings. The van der Waals surface area contributed by atoms with Gasteiger partial charge in [-0.3, -0.25) is 4.68 Å². The van der Waals surface area contributed by atoms with Crippen LogP contribution in [0.25, 0.3) is 10.6 Å². The van der Waals surface area contributed by atoms with Crippen molar-refractivity contribution < 1.29 is 0 Å². The van der Waals surface area contributed by atoms with Crippen molar-refractivity contribution in [3.05, 3.63) is 29.3 Å². The van der Waals surface area contributed by atoms with Crippen molar-refractivity contribution >= 4 is 11.3 Å². The average Bonchev–Trinajstić information content (AvgIpc) is 2.84. The Morgan fingerprint density at radius 2 is 2.33 bits per heavy atom. The fraction of sp³-hybridized carbons (Fsp3) is 0.417. The third-order valence-corrected chi connectivity index (χ3v) is 3.73. The summed E-state index contributed by atoms with van der Waals surface area (Å²) >= 11 is 1.79. The van der Waals surface area contributed by atoms with Crippen LogP contribution in [0, 0.1) is 6.92 Å². The van der Waals surface area contributed by atoms with Crippen LogP contribution in [-0.2, 0) is 0 Å². The average molecular weight is 220 g/mol. The highest BCUT2D eigenvalue weighted by molar-refractivity contribution is 7.13. The molecular formula is C12H16N2S. The Kier molecular flexibility index (Phi) is 2.91. The van der Waals surface area contributed by atoms with E-state index in [9.17, 15) is 0 Å². The van der Waals surface area contributed by atoms with Crippen LogP contribution in [0.4, 0.5) is 0 Å². The van der Waals surface area contributed by atoms with Crippen molar-refractivity contribution in [2.75, 3.05) is 0 Å². The van der Waals surface area contributed by atoms with Crippen molar-refractivity contribution in [2.24, 2.45) is 0 Å². The number of aromatic nitrogens is 2. The minimum Gasteiger partial charge on any atom is -0.261 e. The van der Waals surface area contributed by atoms with Gasteiger partial charge in [-0.15, -0.1) is 11.3 Å². The first-order valence-electron chi connectivity index (χ1n) is 5.31. The zero-order valence-corrected chi connectivity index (χ0v) is 10.2. The van der Waals surface area contributed by atoms with Crippen molar-refractivity contribution in [3.8, 4) is 10.6 Å². The second kappa shape index (κ2) is 4.19. The smallest absolute Gasteiger partial charge is 0.0785 e. The van der Waals surface area contributed by atoms with E-state index in [4.69, 9.17) is 0 Å². The van der Waals surface area contributed by atoms with Crippen molar-refractivity contribution in [1.29, 1.82) is 0 Å². The number of thiophene rings is 1.